The van der Waals surface area contributed by atoms with Gasteiger partial charge in [-0.2, -0.15) is 0 Å². The van der Waals surface area contributed by atoms with E-state index in [1.165, 1.54) is 12.4 Å². The number of rotatable bonds is 3. The lowest BCUT2D eigenvalue weighted by Crippen LogP contribution is -2.30. The lowest BCUT2D eigenvalue weighted by molar-refractivity contribution is 0.120. The molecule has 3 rings (SSSR count). The van der Waals surface area contributed by atoms with Gasteiger partial charge in [-0.25, -0.2) is 8.78 Å². The third-order valence-corrected chi connectivity index (χ3v) is 3.91. The van der Waals surface area contributed by atoms with Gasteiger partial charge in [-0.1, -0.05) is 29.8 Å². The zero-order chi connectivity index (χ0) is 16.4. The second-order valence-electron chi connectivity index (χ2n) is 5.08. The van der Waals surface area contributed by atoms with Crippen molar-refractivity contribution >= 4 is 11.6 Å². The van der Waals surface area contributed by atoms with Crippen LogP contribution in [0.1, 0.15) is 16.7 Å². The lowest BCUT2D eigenvalue weighted by atomic mass is 9.81. The fraction of sp³-hybridized carbons (Fsp3) is 0.0556. The van der Waals surface area contributed by atoms with Crippen LogP contribution in [-0.2, 0) is 5.60 Å². The molecule has 0 aliphatic carbocycles. The first-order valence-corrected chi connectivity index (χ1v) is 7.24. The summed E-state index contributed by atoms with van der Waals surface area (Å²) >= 11 is 5.88. The first-order valence-electron chi connectivity index (χ1n) is 6.86. The normalized spacial score (nSPS) is 13.6. The number of nitrogens with zero attached hydrogens (tertiary/aromatic N) is 1. The molecular formula is C18H12ClF2NO. The molecule has 0 spiro atoms. The maximum absolute atomic E-state index is 14.3. The highest BCUT2D eigenvalue weighted by atomic mass is 35.5. The topological polar surface area (TPSA) is 33.1 Å². The van der Waals surface area contributed by atoms with Crippen LogP contribution >= 0.6 is 11.6 Å². The van der Waals surface area contributed by atoms with Gasteiger partial charge in [0, 0.05) is 28.5 Å². The molecule has 0 aliphatic heterocycles. The minimum atomic E-state index is -1.88. The fourth-order valence-corrected chi connectivity index (χ4v) is 2.65. The maximum Gasteiger partial charge on any atom is 0.144 e. The molecule has 0 fully saturated rings. The third kappa shape index (κ3) is 2.83. The largest absolute Gasteiger partial charge is 0.376 e. The molecular weight excluding hydrogens is 320 g/mol. The first kappa shape index (κ1) is 15.6. The highest BCUT2D eigenvalue weighted by Crippen LogP contribution is 2.38. The van der Waals surface area contributed by atoms with E-state index >= 15 is 0 Å². The van der Waals surface area contributed by atoms with Crippen LogP contribution in [0.15, 0.2) is 67.0 Å². The predicted molar refractivity (Wildman–Crippen MR) is 84.1 cm³/mol. The number of aromatic nitrogens is 1. The van der Waals surface area contributed by atoms with Gasteiger partial charge >= 0.3 is 0 Å². The van der Waals surface area contributed by atoms with E-state index in [1.807, 2.05) is 0 Å². The fourth-order valence-electron chi connectivity index (χ4n) is 2.52. The Bertz CT molecular complexity index is 824. The minimum absolute atomic E-state index is 0.187. The molecule has 1 heterocycles. The molecule has 0 saturated carbocycles. The highest BCUT2D eigenvalue weighted by Gasteiger charge is 2.36. The Labute approximate surface area is 137 Å². The van der Waals surface area contributed by atoms with Crippen LogP contribution in [-0.4, -0.2) is 10.1 Å². The lowest BCUT2D eigenvalue weighted by Gasteiger charge is -2.30. The smallest absolute Gasteiger partial charge is 0.144 e. The zero-order valence-electron chi connectivity index (χ0n) is 11.9. The van der Waals surface area contributed by atoms with Crippen molar-refractivity contribution in [2.75, 3.05) is 0 Å². The summed E-state index contributed by atoms with van der Waals surface area (Å²) in [6.07, 6.45) is 2.95. The van der Waals surface area contributed by atoms with Gasteiger partial charge in [0.05, 0.1) is 0 Å². The second-order valence-corrected chi connectivity index (χ2v) is 5.52. The summed E-state index contributed by atoms with van der Waals surface area (Å²) in [5.41, 5.74) is -1.38. The van der Waals surface area contributed by atoms with Crippen molar-refractivity contribution in [3.63, 3.8) is 0 Å². The van der Waals surface area contributed by atoms with Crippen LogP contribution < -0.4 is 0 Å². The van der Waals surface area contributed by atoms with Crippen molar-refractivity contribution in [3.05, 3.63) is 100 Å². The van der Waals surface area contributed by atoms with Crippen molar-refractivity contribution in [2.45, 2.75) is 5.60 Å². The number of benzene rings is 2. The number of hydrogen-bond acceptors (Lipinski definition) is 2. The average Bonchev–Trinajstić information content (AvgIpc) is 2.58. The van der Waals surface area contributed by atoms with Crippen LogP contribution in [0.4, 0.5) is 8.78 Å². The maximum atomic E-state index is 14.3. The van der Waals surface area contributed by atoms with Crippen molar-refractivity contribution < 1.29 is 13.9 Å². The van der Waals surface area contributed by atoms with E-state index in [0.29, 0.717) is 16.1 Å². The standard InChI is InChI=1S/C18H12ClF2NO/c19-14-5-3-12(4-6-14)18(23,13-2-1-9-22-11-13)16-10-15(20)7-8-17(16)21/h1-11,23H. The molecule has 0 radical (unpaired) electrons. The van der Waals surface area contributed by atoms with E-state index < -0.39 is 17.2 Å². The van der Waals surface area contributed by atoms with Crippen LogP contribution in [0, 0.1) is 11.6 Å². The molecule has 0 saturated heterocycles. The average molecular weight is 332 g/mol. The van der Waals surface area contributed by atoms with Crippen LogP contribution in [0.5, 0.6) is 0 Å². The van der Waals surface area contributed by atoms with E-state index in [1.54, 1.807) is 36.4 Å². The van der Waals surface area contributed by atoms with E-state index in [4.69, 9.17) is 11.6 Å². The molecule has 1 atom stereocenters. The Balaban J connectivity index is 2.30. The van der Waals surface area contributed by atoms with Gasteiger partial charge in [0.1, 0.15) is 17.2 Å². The number of aliphatic hydroxyl groups is 1. The zero-order valence-corrected chi connectivity index (χ0v) is 12.6. The molecule has 1 N–H and O–H groups in total. The van der Waals surface area contributed by atoms with Gasteiger partial charge in [0.2, 0.25) is 0 Å². The summed E-state index contributed by atoms with van der Waals surface area (Å²) < 4.78 is 28.0. The summed E-state index contributed by atoms with van der Waals surface area (Å²) in [7, 11) is 0. The Kier molecular flexibility index (Phi) is 4.11. The van der Waals surface area contributed by atoms with E-state index in [-0.39, 0.29) is 5.56 Å². The van der Waals surface area contributed by atoms with Crippen molar-refractivity contribution in [3.8, 4) is 0 Å². The van der Waals surface area contributed by atoms with E-state index in [9.17, 15) is 13.9 Å². The Hall–Kier alpha value is -2.30. The van der Waals surface area contributed by atoms with Crippen molar-refractivity contribution in [1.29, 1.82) is 0 Å². The summed E-state index contributed by atoms with van der Waals surface area (Å²) in [6, 6.07) is 12.5. The molecule has 3 aromatic rings. The Morgan fingerprint density at radius 1 is 0.957 bits per heavy atom. The molecule has 1 aromatic heterocycles. The van der Waals surface area contributed by atoms with Crippen LogP contribution in [0.25, 0.3) is 0 Å². The van der Waals surface area contributed by atoms with E-state index in [2.05, 4.69) is 4.98 Å². The van der Waals surface area contributed by atoms with Gasteiger partial charge in [0.25, 0.3) is 0 Å². The molecule has 116 valence electrons. The number of halogens is 3. The molecule has 0 bridgehead atoms. The Morgan fingerprint density at radius 2 is 1.70 bits per heavy atom. The highest BCUT2D eigenvalue weighted by molar-refractivity contribution is 6.30. The summed E-state index contributed by atoms with van der Waals surface area (Å²) in [5.74, 6) is -1.36. The number of pyridine rings is 1. The SMILES string of the molecule is OC(c1ccc(Cl)cc1)(c1cccnc1)c1cc(F)ccc1F. The molecule has 23 heavy (non-hydrogen) atoms. The Morgan fingerprint density at radius 3 is 2.35 bits per heavy atom. The summed E-state index contributed by atoms with van der Waals surface area (Å²) in [4.78, 5) is 3.97. The summed E-state index contributed by atoms with van der Waals surface area (Å²) in [5, 5.41) is 11.8. The van der Waals surface area contributed by atoms with E-state index in [0.717, 1.165) is 18.2 Å². The van der Waals surface area contributed by atoms with Crippen molar-refractivity contribution in [2.24, 2.45) is 0 Å². The molecule has 0 aliphatic rings. The van der Waals surface area contributed by atoms with Crippen molar-refractivity contribution in [1.82, 2.24) is 4.98 Å². The van der Waals surface area contributed by atoms with Gasteiger partial charge in [0.15, 0.2) is 0 Å². The predicted octanol–water partition coefficient (Wildman–Crippen LogP) is 4.30. The van der Waals surface area contributed by atoms with Gasteiger partial charge in [-0.05, 0) is 42.0 Å². The third-order valence-electron chi connectivity index (χ3n) is 3.66. The van der Waals surface area contributed by atoms with Gasteiger partial charge < -0.3 is 5.11 Å². The number of hydrogen-bond donors (Lipinski definition) is 1. The molecule has 5 heteroatoms. The van der Waals surface area contributed by atoms with Crippen LogP contribution in [0.2, 0.25) is 5.02 Å². The first-order chi connectivity index (χ1) is 11.0. The molecule has 1 unspecified atom stereocenters. The minimum Gasteiger partial charge on any atom is -0.376 e. The van der Waals surface area contributed by atoms with Gasteiger partial charge in [-0.15, -0.1) is 0 Å². The quantitative estimate of drug-likeness (QED) is 0.776. The monoisotopic (exact) mass is 331 g/mol. The molecule has 2 aromatic carbocycles. The molecule has 2 nitrogen and oxygen atoms in total. The van der Waals surface area contributed by atoms with Gasteiger partial charge in [-0.3, -0.25) is 4.98 Å². The molecule has 0 amide bonds. The van der Waals surface area contributed by atoms with Crippen LogP contribution in [0.3, 0.4) is 0 Å². The second kappa shape index (κ2) is 6.07. The summed E-state index contributed by atoms with van der Waals surface area (Å²) in [6.45, 7) is 0.